The lowest BCUT2D eigenvalue weighted by molar-refractivity contribution is -0.143. The van der Waals surface area contributed by atoms with E-state index in [1.54, 1.807) is 24.0 Å². The zero-order valence-corrected chi connectivity index (χ0v) is 34.5. The van der Waals surface area contributed by atoms with E-state index in [0.717, 1.165) is 39.0 Å². The van der Waals surface area contributed by atoms with Gasteiger partial charge in [-0.15, -0.1) is 0 Å². The predicted molar refractivity (Wildman–Crippen MR) is 218 cm³/mol. The highest BCUT2D eigenvalue weighted by Gasteiger charge is 2.39. The minimum absolute atomic E-state index is 0.000946. The number of rotatable bonds is 25. The summed E-state index contributed by atoms with van der Waals surface area (Å²) in [5.41, 5.74) is 18.3. The van der Waals surface area contributed by atoms with E-state index in [1.807, 2.05) is 20.8 Å². The van der Waals surface area contributed by atoms with Gasteiger partial charge in [-0.25, -0.2) is 4.79 Å². The average molecular weight is 807 g/mol. The number of unbranched alkanes of at least 4 members (excludes halogenated alkanes) is 2. The van der Waals surface area contributed by atoms with Crippen LogP contribution in [0.5, 0.6) is 5.75 Å². The third-order valence-electron chi connectivity index (χ3n) is 9.86. The Bertz CT molecular complexity index is 1390. The Hall–Kier alpha value is -4.32. The van der Waals surface area contributed by atoms with Crippen LogP contribution in [0.2, 0.25) is 0 Å². The normalized spacial score (nSPS) is 16.9. The van der Waals surface area contributed by atoms with Crippen LogP contribution in [0.1, 0.15) is 104 Å². The molecule has 13 N–H and O–H groups in total. The van der Waals surface area contributed by atoms with Crippen molar-refractivity contribution in [3.63, 3.8) is 0 Å². The van der Waals surface area contributed by atoms with Crippen LogP contribution in [0.15, 0.2) is 24.3 Å². The van der Waals surface area contributed by atoms with Gasteiger partial charge in [-0.3, -0.25) is 24.0 Å². The van der Waals surface area contributed by atoms with Gasteiger partial charge >= 0.3 is 5.97 Å². The van der Waals surface area contributed by atoms with Gasteiger partial charge in [-0.05, 0) is 87.6 Å². The first kappa shape index (κ1) is 50.7. The number of likely N-dealkylation sites (tertiary alicyclic amines) is 1. The predicted octanol–water partition coefficient (Wildman–Crippen LogP) is 1.19. The number of nitrogens with two attached hydrogens (primary N) is 3. The Morgan fingerprint density at radius 3 is 1.98 bits per heavy atom. The van der Waals surface area contributed by atoms with Gasteiger partial charge in [-0.1, -0.05) is 59.1 Å². The van der Waals surface area contributed by atoms with Crippen LogP contribution in [-0.4, -0.2) is 118 Å². The third-order valence-corrected chi connectivity index (χ3v) is 9.86. The van der Waals surface area contributed by atoms with Gasteiger partial charge in [0.15, 0.2) is 0 Å². The zero-order chi connectivity index (χ0) is 43.1. The van der Waals surface area contributed by atoms with Gasteiger partial charge in [0.05, 0.1) is 6.04 Å². The van der Waals surface area contributed by atoms with Crippen molar-refractivity contribution in [1.29, 1.82) is 0 Å². The van der Waals surface area contributed by atoms with Crippen LogP contribution in [0.4, 0.5) is 0 Å². The van der Waals surface area contributed by atoms with E-state index < -0.39 is 59.9 Å². The van der Waals surface area contributed by atoms with E-state index in [9.17, 15) is 34.2 Å². The number of nitrogens with zero attached hydrogens (tertiary/aromatic N) is 1. The van der Waals surface area contributed by atoms with E-state index in [2.05, 4.69) is 21.3 Å². The van der Waals surface area contributed by atoms with Crippen molar-refractivity contribution in [3.8, 4) is 5.75 Å². The first-order valence-corrected chi connectivity index (χ1v) is 20.3. The van der Waals surface area contributed by atoms with Crippen molar-refractivity contribution in [2.75, 3.05) is 26.2 Å². The van der Waals surface area contributed by atoms with Crippen molar-refractivity contribution >= 4 is 35.6 Å². The summed E-state index contributed by atoms with van der Waals surface area (Å²) in [5.74, 6) is -4.31. The molecule has 0 bridgehead atoms. The van der Waals surface area contributed by atoms with Crippen molar-refractivity contribution in [1.82, 2.24) is 26.2 Å². The summed E-state index contributed by atoms with van der Waals surface area (Å²) in [5, 5.41) is 38.6. The summed E-state index contributed by atoms with van der Waals surface area (Å²) in [6.07, 6.45) is 6.29. The number of carbonyl (C=O) groups excluding carboxylic acids is 4. The first-order chi connectivity index (χ1) is 26.9. The molecule has 0 spiro atoms. The van der Waals surface area contributed by atoms with E-state index in [-0.39, 0.29) is 42.4 Å². The molecule has 2 rings (SSSR count). The Morgan fingerprint density at radius 2 is 1.44 bits per heavy atom. The van der Waals surface area contributed by atoms with Gasteiger partial charge in [0.25, 0.3) is 5.97 Å². The van der Waals surface area contributed by atoms with E-state index in [0.29, 0.717) is 57.4 Å². The lowest BCUT2D eigenvalue weighted by Gasteiger charge is -2.31. The molecule has 1 fully saturated rings. The molecule has 1 heterocycles. The fourth-order valence-electron chi connectivity index (χ4n) is 6.51. The molecule has 1 aliphatic rings. The molecule has 1 aliphatic heterocycles. The summed E-state index contributed by atoms with van der Waals surface area (Å²) in [4.78, 5) is 78.0. The molecule has 1 aromatic carbocycles. The van der Waals surface area contributed by atoms with Gasteiger partial charge < -0.3 is 58.7 Å². The van der Waals surface area contributed by atoms with E-state index >= 15 is 0 Å². The summed E-state index contributed by atoms with van der Waals surface area (Å²) >= 11 is 0. The molecule has 1 saturated heterocycles. The summed E-state index contributed by atoms with van der Waals surface area (Å²) < 4.78 is 0. The standard InChI is InChI=1S/C38H66N8O7.C2H4O2/c1-5-25(4)33(36(50)44-31(38(52)53)21-24(2)3)45-34(48)30(22-26-14-16-28(47)17-15-26)43-35(49)32-13-10-20-46(32)37(51)29(12-7-9-19-40)42-23-27(41)11-6-8-18-39;1-2(3)4/h14-17,24-25,27,29-33,42,47H,5-13,18-23,39-41H2,1-4H3,(H,43,49)(H,44,50)(H,45,48)(H,52,53);1H3,(H,3,4). The van der Waals surface area contributed by atoms with E-state index in [4.69, 9.17) is 27.1 Å². The van der Waals surface area contributed by atoms with Crippen LogP contribution in [-0.2, 0) is 35.2 Å². The number of benzene rings is 1. The smallest absolute Gasteiger partial charge is 0.326 e. The maximum atomic E-state index is 14.0. The Kier molecular flexibility index (Phi) is 24.3. The molecule has 17 heteroatoms. The molecule has 1 aromatic rings. The Balaban J connectivity index is 0.00000386. The highest BCUT2D eigenvalue weighted by atomic mass is 16.4. The van der Waals surface area contributed by atoms with Crippen molar-refractivity contribution in [2.45, 2.75) is 141 Å². The second-order valence-corrected chi connectivity index (χ2v) is 15.3. The number of hydrogen-bond acceptors (Lipinski definition) is 11. The molecular weight excluding hydrogens is 736 g/mol. The fraction of sp³-hybridized carbons (Fsp3) is 0.700. The topological polar surface area (TPSA) is 293 Å². The minimum Gasteiger partial charge on any atom is -0.508 e. The SMILES string of the molecule is CC(=O)O.CCC(C)C(NC(=O)C(Cc1ccc(O)cc1)NC(=O)C1CCCN1C(=O)C(CCCCN)NCC(N)CCCCN)C(=O)NC(CC(C)C)C(=O)O. The maximum absolute atomic E-state index is 14.0. The number of carbonyl (C=O) groups is 6. The van der Waals surface area contributed by atoms with Crippen molar-refractivity contribution < 1.29 is 44.1 Å². The summed E-state index contributed by atoms with van der Waals surface area (Å²) in [6.45, 7) is 10.3. The second kappa shape index (κ2) is 27.3. The molecule has 0 radical (unpaired) electrons. The number of hydrogen-bond donors (Lipinski definition) is 10. The number of carboxylic acid groups (broad SMARTS) is 2. The molecule has 0 aliphatic carbocycles. The van der Waals surface area contributed by atoms with Crippen LogP contribution < -0.4 is 38.5 Å². The van der Waals surface area contributed by atoms with Gasteiger partial charge in [0, 0.05) is 32.5 Å². The first-order valence-electron chi connectivity index (χ1n) is 20.3. The number of aliphatic carboxylic acids is 2. The minimum atomic E-state index is -1.17. The number of amides is 4. The van der Waals surface area contributed by atoms with Gasteiger partial charge in [0.2, 0.25) is 23.6 Å². The van der Waals surface area contributed by atoms with Crippen molar-refractivity contribution in [2.24, 2.45) is 29.0 Å². The quantitative estimate of drug-likeness (QED) is 0.0623. The third kappa shape index (κ3) is 19.6. The lowest BCUT2D eigenvalue weighted by Crippen LogP contribution is -2.60. The molecule has 7 atom stereocenters. The second-order valence-electron chi connectivity index (χ2n) is 15.3. The van der Waals surface area contributed by atoms with Gasteiger partial charge in [0.1, 0.15) is 29.9 Å². The zero-order valence-electron chi connectivity index (χ0n) is 34.5. The number of aromatic hydroxyl groups is 1. The Morgan fingerprint density at radius 1 is 0.842 bits per heavy atom. The molecule has 7 unspecified atom stereocenters. The van der Waals surface area contributed by atoms with Crippen LogP contribution in [0, 0.1) is 11.8 Å². The highest BCUT2D eigenvalue weighted by molar-refractivity contribution is 5.96. The maximum Gasteiger partial charge on any atom is 0.326 e. The monoisotopic (exact) mass is 807 g/mol. The van der Waals surface area contributed by atoms with Crippen LogP contribution >= 0.6 is 0 Å². The number of nitrogens with one attached hydrogen (secondary N) is 4. The van der Waals surface area contributed by atoms with Crippen LogP contribution in [0.3, 0.4) is 0 Å². The number of phenolic OH excluding ortho intramolecular Hbond substituents is 1. The molecule has 57 heavy (non-hydrogen) atoms. The summed E-state index contributed by atoms with van der Waals surface area (Å²) in [6, 6.07) is 1.30. The van der Waals surface area contributed by atoms with Crippen molar-refractivity contribution in [3.05, 3.63) is 29.8 Å². The number of carboxylic acids is 2. The molecule has 324 valence electrons. The number of phenols is 1. The molecule has 17 nitrogen and oxygen atoms in total. The van der Waals surface area contributed by atoms with Gasteiger partial charge in [-0.2, -0.15) is 0 Å². The molecular formula is C40H70N8O9. The van der Waals surface area contributed by atoms with Crippen LogP contribution in [0.25, 0.3) is 0 Å². The molecule has 0 aromatic heterocycles. The average Bonchev–Trinajstić information content (AvgIpc) is 3.65. The molecule has 0 saturated carbocycles. The molecule has 4 amide bonds. The largest absolute Gasteiger partial charge is 0.508 e. The lowest BCUT2D eigenvalue weighted by atomic mass is 9.96. The highest BCUT2D eigenvalue weighted by Crippen LogP contribution is 2.21. The summed E-state index contributed by atoms with van der Waals surface area (Å²) in [7, 11) is 0. The Labute approximate surface area is 337 Å². The van der Waals surface area contributed by atoms with E-state index in [1.165, 1.54) is 12.1 Å². The fourth-order valence-corrected chi connectivity index (χ4v) is 6.51.